The molecule has 0 aliphatic heterocycles. The van der Waals surface area contributed by atoms with Crippen LogP contribution in [0, 0.1) is 10.1 Å². The van der Waals surface area contributed by atoms with Crippen molar-refractivity contribution in [1.82, 2.24) is 9.78 Å². The van der Waals surface area contributed by atoms with E-state index in [4.69, 9.17) is 0 Å². The van der Waals surface area contributed by atoms with Gasteiger partial charge in [-0.05, 0) is 24.3 Å². The van der Waals surface area contributed by atoms with E-state index < -0.39 is 34.6 Å². The lowest BCUT2D eigenvalue weighted by atomic mass is 10.2. The van der Waals surface area contributed by atoms with Crippen molar-refractivity contribution in [2.75, 3.05) is 5.32 Å². The number of carbonyl (C=O) groups is 1. The smallest absolute Gasteiger partial charge is 0.322 e. The lowest BCUT2D eigenvalue weighted by Crippen LogP contribution is -2.14. The van der Waals surface area contributed by atoms with Crippen LogP contribution in [0.4, 0.5) is 37.0 Å². The minimum absolute atomic E-state index is 0.00275. The molecule has 0 unspecified atom stereocenters. The van der Waals surface area contributed by atoms with Gasteiger partial charge in [0, 0.05) is 23.2 Å². The van der Waals surface area contributed by atoms with Crippen LogP contribution in [0.3, 0.4) is 0 Å². The second kappa shape index (κ2) is 7.44. The Bertz CT molecular complexity index is 1100. The van der Waals surface area contributed by atoms with Crippen LogP contribution in [0.2, 0.25) is 0 Å². The van der Waals surface area contributed by atoms with Gasteiger partial charge in [-0.15, -0.1) is 0 Å². The molecule has 3 rings (SSSR count). The van der Waals surface area contributed by atoms with Crippen LogP contribution in [-0.4, -0.2) is 20.6 Å². The van der Waals surface area contributed by atoms with Gasteiger partial charge in [0.05, 0.1) is 16.2 Å². The van der Waals surface area contributed by atoms with Crippen LogP contribution in [0.1, 0.15) is 21.7 Å². The first-order chi connectivity index (χ1) is 13.9. The number of hydrogen-bond donors (Lipinski definition) is 1. The zero-order valence-electron chi connectivity index (χ0n) is 14.3. The molecule has 1 aromatic carbocycles. The summed E-state index contributed by atoms with van der Waals surface area (Å²) in [6, 6.07) is 5.33. The minimum atomic E-state index is -5.09. The SMILES string of the molecule is O=C(Nc1ccc(-n2nc(C(F)(F)F)cc2C(F)(F)F)cc1)c1csc([N+](=O)[O-])c1. The third-order valence-corrected chi connectivity index (χ3v) is 4.57. The van der Waals surface area contributed by atoms with E-state index in [-0.39, 0.29) is 32.7 Å². The summed E-state index contributed by atoms with van der Waals surface area (Å²) in [7, 11) is 0. The zero-order valence-corrected chi connectivity index (χ0v) is 15.1. The van der Waals surface area contributed by atoms with Gasteiger partial charge in [0.2, 0.25) is 0 Å². The van der Waals surface area contributed by atoms with Crippen LogP contribution < -0.4 is 5.32 Å². The van der Waals surface area contributed by atoms with Crippen LogP contribution in [-0.2, 0) is 12.4 Å². The Balaban J connectivity index is 1.86. The molecule has 0 saturated heterocycles. The van der Waals surface area contributed by atoms with Crippen LogP contribution in [0.25, 0.3) is 5.69 Å². The van der Waals surface area contributed by atoms with Gasteiger partial charge in [-0.25, -0.2) is 4.68 Å². The first-order valence-corrected chi connectivity index (χ1v) is 8.63. The van der Waals surface area contributed by atoms with Crippen molar-refractivity contribution in [1.29, 1.82) is 0 Å². The number of anilines is 1. The number of nitro groups is 1. The summed E-state index contributed by atoms with van der Waals surface area (Å²) in [5.41, 5.74) is -3.53. The van der Waals surface area contributed by atoms with Crippen molar-refractivity contribution in [3.8, 4) is 5.69 Å². The second-order valence-electron chi connectivity index (χ2n) is 5.75. The highest BCUT2D eigenvalue weighted by atomic mass is 32.1. The number of nitrogens with zero attached hydrogens (tertiary/aromatic N) is 3. The number of carbonyl (C=O) groups excluding carboxylic acids is 1. The summed E-state index contributed by atoms with van der Waals surface area (Å²) in [6.45, 7) is 0. The second-order valence-corrected chi connectivity index (χ2v) is 6.64. The fraction of sp³-hybridized carbons (Fsp3) is 0.125. The average molecular weight is 450 g/mol. The molecule has 1 N–H and O–H groups in total. The highest BCUT2D eigenvalue weighted by Gasteiger charge is 2.42. The van der Waals surface area contributed by atoms with Crippen molar-refractivity contribution in [3.05, 3.63) is 68.8 Å². The Kier molecular flexibility index (Phi) is 5.28. The van der Waals surface area contributed by atoms with E-state index in [0.29, 0.717) is 0 Å². The Hall–Kier alpha value is -3.42. The molecule has 158 valence electrons. The molecule has 0 spiro atoms. The molecule has 0 atom stereocenters. The van der Waals surface area contributed by atoms with Crippen molar-refractivity contribution < 1.29 is 36.1 Å². The summed E-state index contributed by atoms with van der Waals surface area (Å²) in [4.78, 5) is 22.1. The number of halogens is 6. The van der Waals surface area contributed by atoms with Gasteiger partial charge in [0.15, 0.2) is 5.69 Å². The molecule has 0 saturated carbocycles. The lowest BCUT2D eigenvalue weighted by Gasteiger charge is -2.11. The van der Waals surface area contributed by atoms with Crippen molar-refractivity contribution in [3.63, 3.8) is 0 Å². The maximum Gasteiger partial charge on any atom is 0.435 e. The van der Waals surface area contributed by atoms with Crippen molar-refractivity contribution in [2.45, 2.75) is 12.4 Å². The van der Waals surface area contributed by atoms with Crippen molar-refractivity contribution >= 4 is 27.9 Å². The average Bonchev–Trinajstić information content (AvgIpc) is 3.29. The monoisotopic (exact) mass is 450 g/mol. The van der Waals surface area contributed by atoms with E-state index in [2.05, 4.69) is 10.4 Å². The zero-order chi connectivity index (χ0) is 22.3. The van der Waals surface area contributed by atoms with E-state index in [0.717, 1.165) is 41.7 Å². The predicted molar refractivity (Wildman–Crippen MR) is 92.5 cm³/mol. The molecule has 14 heteroatoms. The van der Waals surface area contributed by atoms with E-state index in [1.54, 1.807) is 0 Å². The van der Waals surface area contributed by atoms with E-state index in [1.165, 1.54) is 5.38 Å². The Morgan fingerprint density at radius 1 is 1.07 bits per heavy atom. The first-order valence-electron chi connectivity index (χ1n) is 7.75. The molecule has 3 aromatic rings. The summed E-state index contributed by atoms with van der Waals surface area (Å²) < 4.78 is 77.7. The molecule has 2 aromatic heterocycles. The van der Waals surface area contributed by atoms with Gasteiger partial charge in [-0.3, -0.25) is 14.9 Å². The maximum absolute atomic E-state index is 13.1. The molecule has 0 aliphatic carbocycles. The van der Waals surface area contributed by atoms with E-state index in [1.807, 2.05) is 0 Å². The minimum Gasteiger partial charge on any atom is -0.322 e. The highest BCUT2D eigenvalue weighted by Crippen LogP contribution is 2.36. The molecule has 0 fully saturated rings. The summed E-state index contributed by atoms with van der Waals surface area (Å²) in [6.07, 6.45) is -10.2. The van der Waals surface area contributed by atoms with Gasteiger partial charge in [0.25, 0.3) is 5.91 Å². The van der Waals surface area contributed by atoms with Gasteiger partial charge >= 0.3 is 17.4 Å². The summed E-state index contributed by atoms with van der Waals surface area (Å²) in [5, 5.41) is 17.0. The summed E-state index contributed by atoms with van der Waals surface area (Å²) >= 11 is 0.734. The third kappa shape index (κ3) is 4.42. The fourth-order valence-electron chi connectivity index (χ4n) is 2.35. The van der Waals surface area contributed by atoms with Crippen LogP contribution >= 0.6 is 11.3 Å². The Labute approximate surface area is 166 Å². The number of amides is 1. The highest BCUT2D eigenvalue weighted by molar-refractivity contribution is 7.13. The largest absolute Gasteiger partial charge is 0.435 e. The first kappa shape index (κ1) is 21.3. The number of hydrogen-bond acceptors (Lipinski definition) is 5. The van der Waals surface area contributed by atoms with E-state index in [9.17, 15) is 41.3 Å². The Morgan fingerprint density at radius 3 is 2.20 bits per heavy atom. The normalized spacial score (nSPS) is 12.1. The molecule has 2 heterocycles. The number of nitrogens with one attached hydrogen (secondary N) is 1. The van der Waals surface area contributed by atoms with Gasteiger partial charge in [0.1, 0.15) is 5.69 Å². The van der Waals surface area contributed by atoms with Crippen molar-refractivity contribution in [2.24, 2.45) is 0 Å². The lowest BCUT2D eigenvalue weighted by molar-refractivity contribution is -0.380. The number of aromatic nitrogens is 2. The molecular formula is C16H8F6N4O3S. The number of rotatable bonds is 4. The quantitative estimate of drug-likeness (QED) is 0.339. The summed E-state index contributed by atoms with van der Waals surface area (Å²) in [5.74, 6) is -0.707. The number of thiophene rings is 1. The topological polar surface area (TPSA) is 90.1 Å². The van der Waals surface area contributed by atoms with Gasteiger partial charge < -0.3 is 5.32 Å². The fourth-order valence-corrected chi connectivity index (χ4v) is 3.05. The van der Waals surface area contributed by atoms with Crippen LogP contribution in [0.5, 0.6) is 0 Å². The molecule has 30 heavy (non-hydrogen) atoms. The third-order valence-electron chi connectivity index (χ3n) is 3.69. The molecular weight excluding hydrogens is 442 g/mol. The molecule has 0 aliphatic rings. The van der Waals surface area contributed by atoms with Crippen LogP contribution in [0.15, 0.2) is 41.8 Å². The maximum atomic E-state index is 13.1. The number of alkyl halides is 6. The molecule has 1 amide bonds. The number of benzene rings is 1. The van der Waals surface area contributed by atoms with E-state index >= 15 is 0 Å². The predicted octanol–water partition coefficient (Wildman–Crippen LogP) is 5.13. The van der Waals surface area contributed by atoms with Gasteiger partial charge in [-0.1, -0.05) is 11.3 Å². The molecule has 0 bridgehead atoms. The molecule has 0 radical (unpaired) electrons. The van der Waals surface area contributed by atoms with Gasteiger partial charge in [-0.2, -0.15) is 31.4 Å². The Morgan fingerprint density at radius 2 is 1.70 bits per heavy atom. The standard InChI is InChI=1S/C16H8F6N4O3S/c17-15(18,19)11-6-12(16(20,21)22)25(24-11)10-3-1-9(2-4-10)23-14(27)8-5-13(26(28)29)30-7-8/h1-7H,(H,23,27). The molecule has 7 nitrogen and oxygen atoms in total.